The van der Waals surface area contributed by atoms with Crippen LogP contribution in [0.5, 0.6) is 5.75 Å². The Bertz CT molecular complexity index is 817. The molecule has 1 N–H and O–H groups in total. The van der Waals surface area contributed by atoms with E-state index in [0.29, 0.717) is 32.8 Å². The van der Waals surface area contributed by atoms with Gasteiger partial charge in [-0.3, -0.25) is 4.79 Å². The number of nitrogens with zero attached hydrogens (tertiary/aromatic N) is 2. The van der Waals surface area contributed by atoms with Gasteiger partial charge in [0.2, 0.25) is 5.91 Å². The molecule has 0 bridgehead atoms. The van der Waals surface area contributed by atoms with Crippen molar-refractivity contribution in [2.45, 2.75) is 56.9 Å². The average Bonchev–Trinajstić information content (AvgIpc) is 3.13. The van der Waals surface area contributed by atoms with E-state index in [0.717, 1.165) is 6.42 Å². The number of halogens is 2. The molecule has 6 nitrogen and oxygen atoms in total. The number of carbonyl (C=O) groups excluding carboxylic acids is 1. The number of thioether (sulfide) groups is 1. The Morgan fingerprint density at radius 2 is 2.14 bits per heavy atom. The number of aromatic nitrogens is 2. The number of nitrogens with one attached hydrogen (secondary N) is 1. The highest BCUT2D eigenvalue weighted by Crippen LogP contribution is 2.31. The summed E-state index contributed by atoms with van der Waals surface area (Å²) < 4.78 is 11.4. The molecule has 1 aromatic carbocycles. The number of hydrogen-bond acceptors (Lipinski definition) is 6. The van der Waals surface area contributed by atoms with Crippen molar-refractivity contribution in [2.24, 2.45) is 5.92 Å². The molecule has 3 atom stereocenters. The second kappa shape index (κ2) is 9.85. The highest BCUT2D eigenvalue weighted by Gasteiger charge is 2.23. The SMILES string of the molecule is C[C@H](Oc1ccc(Cl)cc1Cl)c1nnc(SCC(=O)N[C@H]2CCCC[C@@H]2C)o1. The minimum Gasteiger partial charge on any atom is -0.479 e. The Morgan fingerprint density at radius 3 is 2.89 bits per heavy atom. The van der Waals surface area contributed by atoms with Gasteiger partial charge in [-0.05, 0) is 43.9 Å². The molecule has 1 amide bonds. The van der Waals surface area contributed by atoms with Crippen LogP contribution in [0, 0.1) is 5.92 Å². The van der Waals surface area contributed by atoms with Crippen molar-refractivity contribution in [3.05, 3.63) is 34.1 Å². The van der Waals surface area contributed by atoms with Crippen LogP contribution in [0.15, 0.2) is 27.8 Å². The first kappa shape index (κ1) is 21.3. The van der Waals surface area contributed by atoms with E-state index in [4.69, 9.17) is 32.4 Å². The second-order valence-electron chi connectivity index (χ2n) is 6.97. The first-order valence-corrected chi connectivity index (χ1v) is 11.0. The molecule has 1 fully saturated rings. The molecule has 152 valence electrons. The van der Waals surface area contributed by atoms with Crippen LogP contribution in [0.1, 0.15) is 51.5 Å². The van der Waals surface area contributed by atoms with Gasteiger partial charge in [0.15, 0.2) is 6.10 Å². The van der Waals surface area contributed by atoms with E-state index < -0.39 is 6.10 Å². The summed E-state index contributed by atoms with van der Waals surface area (Å²) in [5.74, 6) is 1.54. The lowest BCUT2D eigenvalue weighted by molar-refractivity contribution is -0.119. The molecule has 0 aliphatic heterocycles. The van der Waals surface area contributed by atoms with Gasteiger partial charge in [0, 0.05) is 11.1 Å². The van der Waals surface area contributed by atoms with E-state index in [-0.39, 0.29) is 17.7 Å². The summed E-state index contributed by atoms with van der Waals surface area (Å²) in [5, 5.41) is 12.4. The maximum Gasteiger partial charge on any atom is 0.277 e. The van der Waals surface area contributed by atoms with Crippen molar-refractivity contribution >= 4 is 40.9 Å². The lowest BCUT2D eigenvalue weighted by atomic mass is 9.86. The van der Waals surface area contributed by atoms with E-state index in [1.807, 2.05) is 0 Å². The van der Waals surface area contributed by atoms with E-state index in [1.54, 1.807) is 25.1 Å². The number of ether oxygens (including phenoxy) is 1. The second-order valence-corrected chi connectivity index (χ2v) is 8.74. The third kappa shape index (κ3) is 5.78. The van der Waals surface area contributed by atoms with Crippen LogP contribution in [0.3, 0.4) is 0 Å². The van der Waals surface area contributed by atoms with Crippen LogP contribution in [-0.4, -0.2) is 27.9 Å². The van der Waals surface area contributed by atoms with Crippen LogP contribution in [0.4, 0.5) is 0 Å². The number of benzene rings is 1. The monoisotopic (exact) mass is 443 g/mol. The van der Waals surface area contributed by atoms with E-state index in [9.17, 15) is 4.79 Å². The fraction of sp³-hybridized carbons (Fsp3) is 0.526. The van der Waals surface area contributed by atoms with Gasteiger partial charge in [0.25, 0.3) is 11.1 Å². The highest BCUT2D eigenvalue weighted by atomic mass is 35.5. The number of carbonyl (C=O) groups is 1. The Kier molecular flexibility index (Phi) is 7.48. The zero-order valence-electron chi connectivity index (χ0n) is 15.8. The van der Waals surface area contributed by atoms with E-state index in [2.05, 4.69) is 22.4 Å². The molecule has 0 unspecified atom stereocenters. The van der Waals surface area contributed by atoms with Crippen molar-refractivity contribution in [2.75, 3.05) is 5.75 Å². The topological polar surface area (TPSA) is 77.2 Å². The molecule has 1 aliphatic rings. The number of amides is 1. The maximum absolute atomic E-state index is 12.2. The van der Waals surface area contributed by atoms with Gasteiger partial charge >= 0.3 is 0 Å². The maximum atomic E-state index is 12.2. The lowest BCUT2D eigenvalue weighted by Gasteiger charge is -2.29. The molecular formula is C19H23Cl2N3O3S. The third-order valence-corrected chi connectivity index (χ3v) is 6.10. The summed E-state index contributed by atoms with van der Waals surface area (Å²) in [5.41, 5.74) is 0. The predicted molar refractivity (Wildman–Crippen MR) is 110 cm³/mol. The highest BCUT2D eigenvalue weighted by molar-refractivity contribution is 7.99. The molecule has 0 radical (unpaired) electrons. The Labute approximate surface area is 178 Å². The standard InChI is InChI=1S/C19H23Cl2N3O3S/c1-11-5-3-4-6-15(11)22-17(25)10-28-19-24-23-18(27-19)12(2)26-16-8-7-13(20)9-14(16)21/h7-9,11-12,15H,3-6,10H2,1-2H3,(H,22,25)/t11-,12-,15-/m0/s1. The van der Waals surface area contributed by atoms with Crippen molar-refractivity contribution in [3.63, 3.8) is 0 Å². The zero-order chi connectivity index (χ0) is 20.1. The molecule has 9 heteroatoms. The molecule has 0 spiro atoms. The fourth-order valence-electron chi connectivity index (χ4n) is 3.16. The predicted octanol–water partition coefficient (Wildman–Crippen LogP) is 5.30. The van der Waals surface area contributed by atoms with Crippen molar-refractivity contribution in [3.8, 4) is 5.75 Å². The van der Waals surface area contributed by atoms with Crippen molar-refractivity contribution < 1.29 is 13.9 Å². The third-order valence-electron chi connectivity index (χ3n) is 4.75. The Hall–Kier alpha value is -1.44. The van der Waals surface area contributed by atoms with Crippen molar-refractivity contribution in [1.82, 2.24) is 15.5 Å². The van der Waals surface area contributed by atoms with Gasteiger partial charge in [-0.15, -0.1) is 10.2 Å². The molecule has 28 heavy (non-hydrogen) atoms. The van der Waals surface area contributed by atoms with Crippen LogP contribution < -0.4 is 10.1 Å². The first-order chi connectivity index (χ1) is 13.4. The molecule has 1 saturated carbocycles. The largest absolute Gasteiger partial charge is 0.479 e. The molecule has 2 aromatic rings. The van der Waals surface area contributed by atoms with Gasteiger partial charge in [0.05, 0.1) is 10.8 Å². The quantitative estimate of drug-likeness (QED) is 0.584. The molecular weight excluding hydrogens is 421 g/mol. The van der Waals surface area contributed by atoms with Gasteiger partial charge in [-0.1, -0.05) is 54.7 Å². The first-order valence-electron chi connectivity index (χ1n) is 9.29. The van der Waals surface area contributed by atoms with Gasteiger partial charge in [-0.2, -0.15) is 0 Å². The van der Waals surface area contributed by atoms with Gasteiger partial charge in [0.1, 0.15) is 5.75 Å². The summed E-state index contributed by atoms with van der Waals surface area (Å²) in [4.78, 5) is 12.2. The molecule has 3 rings (SSSR count). The fourth-order valence-corrected chi connectivity index (χ4v) is 4.19. The Morgan fingerprint density at radius 1 is 1.36 bits per heavy atom. The molecule has 1 aromatic heterocycles. The minimum atomic E-state index is -0.488. The van der Waals surface area contributed by atoms with Crippen LogP contribution in [0.25, 0.3) is 0 Å². The van der Waals surface area contributed by atoms with Gasteiger partial charge < -0.3 is 14.5 Å². The van der Waals surface area contributed by atoms with Crippen LogP contribution >= 0.6 is 35.0 Å². The summed E-state index contributed by atoms with van der Waals surface area (Å²) in [6, 6.07) is 5.24. The molecule has 1 heterocycles. The molecule has 0 saturated heterocycles. The number of hydrogen-bond donors (Lipinski definition) is 1. The van der Waals surface area contributed by atoms with Crippen LogP contribution in [0.2, 0.25) is 10.0 Å². The summed E-state index contributed by atoms with van der Waals surface area (Å²) in [6.07, 6.45) is 4.14. The van der Waals surface area contributed by atoms with Crippen molar-refractivity contribution in [1.29, 1.82) is 0 Å². The summed E-state index contributed by atoms with van der Waals surface area (Å²) in [7, 11) is 0. The van der Waals surface area contributed by atoms with E-state index in [1.165, 1.54) is 31.0 Å². The smallest absolute Gasteiger partial charge is 0.277 e. The Balaban J connectivity index is 1.50. The van der Waals surface area contributed by atoms with E-state index >= 15 is 0 Å². The average molecular weight is 444 g/mol. The van der Waals surface area contributed by atoms with Crippen LogP contribution in [-0.2, 0) is 4.79 Å². The number of rotatable bonds is 7. The minimum absolute atomic E-state index is 0.0132. The normalized spacial score (nSPS) is 20.6. The zero-order valence-corrected chi connectivity index (χ0v) is 18.1. The summed E-state index contributed by atoms with van der Waals surface area (Å²) in [6.45, 7) is 3.97. The summed E-state index contributed by atoms with van der Waals surface area (Å²) >= 11 is 13.2. The van der Waals surface area contributed by atoms with Gasteiger partial charge in [-0.25, -0.2) is 0 Å². The molecule has 1 aliphatic carbocycles. The lowest BCUT2D eigenvalue weighted by Crippen LogP contribution is -2.41.